The van der Waals surface area contributed by atoms with Crippen LogP contribution in [0.15, 0.2) is 29.2 Å². The Kier molecular flexibility index (Phi) is 5.16. The second-order valence-corrected chi connectivity index (χ2v) is 6.94. The molecule has 1 aromatic rings. The second-order valence-electron chi connectivity index (χ2n) is 4.79. The molecule has 0 aliphatic carbocycles. The fourth-order valence-corrected chi connectivity index (χ4v) is 2.23. The van der Waals surface area contributed by atoms with E-state index in [0.29, 0.717) is 18.3 Å². The van der Waals surface area contributed by atoms with E-state index in [0.717, 1.165) is 6.42 Å². The summed E-state index contributed by atoms with van der Waals surface area (Å²) in [5.74, 6) is 1.30. The Bertz CT molecular complexity index is 464. The summed E-state index contributed by atoms with van der Waals surface area (Å²) in [5.41, 5.74) is 0. The van der Waals surface area contributed by atoms with Gasteiger partial charge in [0, 0.05) is 14.1 Å². The van der Waals surface area contributed by atoms with Crippen LogP contribution in [0.25, 0.3) is 0 Å². The fourth-order valence-electron chi connectivity index (χ4n) is 1.33. The van der Waals surface area contributed by atoms with Gasteiger partial charge in [0.1, 0.15) is 5.75 Å². The monoisotopic (exact) mass is 271 g/mol. The Balaban J connectivity index is 2.69. The van der Waals surface area contributed by atoms with E-state index in [9.17, 15) is 8.42 Å². The zero-order valence-corrected chi connectivity index (χ0v) is 12.2. The molecule has 0 amide bonds. The third kappa shape index (κ3) is 3.99. The number of benzene rings is 1. The maximum absolute atomic E-state index is 11.8. The quantitative estimate of drug-likeness (QED) is 0.798. The summed E-state index contributed by atoms with van der Waals surface area (Å²) in [4.78, 5) is 0.281. The summed E-state index contributed by atoms with van der Waals surface area (Å²) in [7, 11) is -0.317. The van der Waals surface area contributed by atoms with Crippen molar-refractivity contribution < 1.29 is 13.2 Å². The zero-order chi connectivity index (χ0) is 13.8. The lowest BCUT2D eigenvalue weighted by atomic mass is 10.1. The zero-order valence-electron chi connectivity index (χ0n) is 11.4. The van der Waals surface area contributed by atoms with Crippen molar-refractivity contribution in [2.45, 2.75) is 25.2 Å². The minimum absolute atomic E-state index is 0.281. The third-order valence-electron chi connectivity index (χ3n) is 2.57. The van der Waals surface area contributed by atoms with Gasteiger partial charge >= 0.3 is 0 Å². The molecule has 0 aromatic heterocycles. The summed E-state index contributed by atoms with van der Waals surface area (Å²) < 4.78 is 30.4. The van der Waals surface area contributed by atoms with E-state index in [1.54, 1.807) is 24.3 Å². The van der Waals surface area contributed by atoms with Crippen LogP contribution in [0.5, 0.6) is 5.75 Å². The molecule has 5 heteroatoms. The fraction of sp³-hybridized carbons (Fsp3) is 0.538. The summed E-state index contributed by atoms with van der Waals surface area (Å²) in [5, 5.41) is 0. The Labute approximate surface area is 110 Å². The largest absolute Gasteiger partial charge is 0.494 e. The predicted molar refractivity (Wildman–Crippen MR) is 72.3 cm³/mol. The molecule has 0 saturated heterocycles. The van der Waals surface area contributed by atoms with Crippen molar-refractivity contribution in [2.75, 3.05) is 20.7 Å². The summed E-state index contributed by atoms with van der Waals surface area (Å²) in [6.07, 6.45) is 0.984. The second kappa shape index (κ2) is 6.20. The van der Waals surface area contributed by atoms with Crippen molar-refractivity contribution in [3.63, 3.8) is 0 Å². The van der Waals surface area contributed by atoms with Gasteiger partial charge in [0.25, 0.3) is 0 Å². The van der Waals surface area contributed by atoms with Gasteiger partial charge < -0.3 is 4.74 Å². The first-order chi connectivity index (χ1) is 8.34. The van der Waals surface area contributed by atoms with Gasteiger partial charge in [0.15, 0.2) is 0 Å². The lowest BCUT2D eigenvalue weighted by molar-refractivity contribution is 0.289. The molecule has 0 unspecified atom stereocenters. The number of hydrogen-bond donors (Lipinski definition) is 0. The molecular formula is C13H21NO3S. The van der Waals surface area contributed by atoms with E-state index < -0.39 is 10.0 Å². The lowest BCUT2D eigenvalue weighted by Gasteiger charge is -2.12. The minimum atomic E-state index is -3.35. The molecule has 4 nitrogen and oxygen atoms in total. The number of hydrogen-bond acceptors (Lipinski definition) is 3. The lowest BCUT2D eigenvalue weighted by Crippen LogP contribution is -2.22. The Morgan fingerprint density at radius 3 is 2.17 bits per heavy atom. The van der Waals surface area contributed by atoms with Crippen LogP contribution in [-0.2, 0) is 10.0 Å². The van der Waals surface area contributed by atoms with E-state index >= 15 is 0 Å². The molecule has 0 N–H and O–H groups in total. The Morgan fingerprint density at radius 1 is 1.17 bits per heavy atom. The van der Waals surface area contributed by atoms with Crippen LogP contribution in [0, 0.1) is 5.92 Å². The summed E-state index contributed by atoms with van der Waals surface area (Å²) in [6, 6.07) is 6.52. The van der Waals surface area contributed by atoms with Gasteiger partial charge in [0.2, 0.25) is 10.0 Å². The van der Waals surface area contributed by atoms with Gasteiger partial charge in [0.05, 0.1) is 11.5 Å². The van der Waals surface area contributed by atoms with Crippen molar-refractivity contribution in [1.82, 2.24) is 4.31 Å². The first-order valence-corrected chi connectivity index (χ1v) is 7.43. The maximum atomic E-state index is 11.8. The Morgan fingerprint density at radius 2 is 1.72 bits per heavy atom. The highest BCUT2D eigenvalue weighted by atomic mass is 32.2. The van der Waals surface area contributed by atoms with Gasteiger partial charge in [-0.25, -0.2) is 12.7 Å². The molecule has 0 saturated carbocycles. The van der Waals surface area contributed by atoms with Crippen LogP contribution in [0.3, 0.4) is 0 Å². The Hall–Kier alpha value is -1.07. The van der Waals surface area contributed by atoms with Gasteiger partial charge in [-0.3, -0.25) is 0 Å². The van der Waals surface area contributed by atoms with Crippen molar-refractivity contribution in [1.29, 1.82) is 0 Å². The summed E-state index contributed by atoms with van der Waals surface area (Å²) >= 11 is 0. The van der Waals surface area contributed by atoms with E-state index in [1.165, 1.54) is 18.4 Å². The topological polar surface area (TPSA) is 46.6 Å². The number of ether oxygens (including phenoxy) is 1. The number of sulfonamides is 1. The van der Waals surface area contributed by atoms with Crippen LogP contribution in [-0.4, -0.2) is 33.4 Å². The van der Waals surface area contributed by atoms with Gasteiger partial charge in [-0.2, -0.15) is 0 Å². The number of nitrogens with zero attached hydrogens (tertiary/aromatic N) is 1. The minimum Gasteiger partial charge on any atom is -0.494 e. The highest BCUT2D eigenvalue weighted by Gasteiger charge is 2.16. The van der Waals surface area contributed by atoms with Gasteiger partial charge in [-0.1, -0.05) is 13.8 Å². The van der Waals surface area contributed by atoms with Crippen molar-refractivity contribution in [3.05, 3.63) is 24.3 Å². The van der Waals surface area contributed by atoms with Crippen molar-refractivity contribution in [3.8, 4) is 5.75 Å². The molecule has 18 heavy (non-hydrogen) atoms. The summed E-state index contributed by atoms with van der Waals surface area (Å²) in [6.45, 7) is 4.92. The molecule has 0 heterocycles. The molecule has 0 atom stereocenters. The normalized spacial score (nSPS) is 12.1. The highest BCUT2D eigenvalue weighted by Crippen LogP contribution is 2.18. The molecule has 0 spiro atoms. The van der Waals surface area contributed by atoms with Crippen molar-refractivity contribution in [2.24, 2.45) is 5.92 Å². The molecule has 1 rings (SSSR count). The average Bonchev–Trinajstić information content (AvgIpc) is 2.29. The number of rotatable bonds is 6. The maximum Gasteiger partial charge on any atom is 0.242 e. The smallest absolute Gasteiger partial charge is 0.242 e. The first-order valence-electron chi connectivity index (χ1n) is 5.99. The molecule has 0 bridgehead atoms. The molecule has 0 radical (unpaired) electrons. The van der Waals surface area contributed by atoms with Crippen LogP contribution >= 0.6 is 0 Å². The highest BCUT2D eigenvalue weighted by molar-refractivity contribution is 7.89. The van der Waals surface area contributed by atoms with Crippen molar-refractivity contribution >= 4 is 10.0 Å². The van der Waals surface area contributed by atoms with Crippen LogP contribution in [0.4, 0.5) is 0 Å². The molecule has 1 aromatic carbocycles. The molecule has 0 fully saturated rings. The predicted octanol–water partition coefficient (Wildman–Crippen LogP) is 2.36. The van der Waals surface area contributed by atoms with E-state index in [4.69, 9.17) is 4.74 Å². The van der Waals surface area contributed by atoms with Gasteiger partial charge in [-0.15, -0.1) is 0 Å². The average molecular weight is 271 g/mol. The van der Waals surface area contributed by atoms with Gasteiger partial charge in [-0.05, 0) is 36.6 Å². The van der Waals surface area contributed by atoms with Crippen LogP contribution in [0.1, 0.15) is 20.3 Å². The molecular weight excluding hydrogens is 250 g/mol. The molecule has 0 aliphatic heterocycles. The van der Waals surface area contributed by atoms with Crippen LogP contribution in [0.2, 0.25) is 0 Å². The first kappa shape index (κ1) is 15.0. The van der Waals surface area contributed by atoms with Crippen LogP contribution < -0.4 is 4.74 Å². The standard InChI is InChI=1S/C13H21NO3S/c1-11(2)9-10-17-12-5-7-13(8-6-12)18(15,16)14(3)4/h5-8,11H,9-10H2,1-4H3. The molecule has 0 aliphatic rings. The molecule has 102 valence electrons. The SMILES string of the molecule is CC(C)CCOc1ccc(S(=O)(=O)N(C)C)cc1. The third-order valence-corrected chi connectivity index (χ3v) is 4.40. The van der Waals surface area contributed by atoms with E-state index in [2.05, 4.69) is 13.8 Å². The van der Waals surface area contributed by atoms with E-state index in [1.807, 2.05) is 0 Å². The van der Waals surface area contributed by atoms with E-state index in [-0.39, 0.29) is 4.90 Å².